The zero-order valence-corrected chi connectivity index (χ0v) is 16.2. The first-order valence-electron chi connectivity index (χ1n) is 8.04. The molecule has 5 nitrogen and oxygen atoms in total. The van der Waals surface area contributed by atoms with Crippen LogP contribution in [0.2, 0.25) is 0 Å². The van der Waals surface area contributed by atoms with Crippen molar-refractivity contribution in [1.29, 1.82) is 0 Å². The van der Waals surface area contributed by atoms with Gasteiger partial charge in [0.2, 0.25) is 5.91 Å². The third-order valence-corrected chi connectivity index (χ3v) is 4.36. The Morgan fingerprint density at radius 3 is 2.40 bits per heavy atom. The van der Waals surface area contributed by atoms with Crippen LogP contribution in [0.3, 0.4) is 0 Å². The predicted octanol–water partition coefficient (Wildman–Crippen LogP) is 3.30. The van der Waals surface area contributed by atoms with Crippen molar-refractivity contribution in [3.05, 3.63) is 63.7 Å². The molecule has 0 aromatic heterocycles. The van der Waals surface area contributed by atoms with Gasteiger partial charge in [0.05, 0.1) is 25.4 Å². The smallest absolute Gasteiger partial charge is 0.320 e. The Labute approximate surface area is 161 Å². The summed E-state index contributed by atoms with van der Waals surface area (Å²) in [5, 5.41) is 2.89. The van der Waals surface area contributed by atoms with Crippen LogP contribution < -0.4 is 5.32 Å². The lowest BCUT2D eigenvalue weighted by Crippen LogP contribution is -2.37. The van der Waals surface area contributed by atoms with Crippen LogP contribution in [0.5, 0.6) is 0 Å². The molecule has 0 bridgehead atoms. The van der Waals surface area contributed by atoms with E-state index in [1.54, 1.807) is 11.8 Å². The number of halogens is 1. The fourth-order valence-electron chi connectivity index (χ4n) is 2.35. The SMILES string of the molecule is CCOC(=O)CN(CC(=O)Nc1ccccc1I)Cc1ccccc1. The molecule has 0 radical (unpaired) electrons. The number of nitrogens with one attached hydrogen (secondary N) is 1. The van der Waals surface area contributed by atoms with Gasteiger partial charge in [-0.05, 0) is 47.2 Å². The van der Waals surface area contributed by atoms with Crippen LogP contribution in [0.15, 0.2) is 54.6 Å². The molecular formula is C19H21IN2O3. The maximum Gasteiger partial charge on any atom is 0.320 e. The molecule has 25 heavy (non-hydrogen) atoms. The van der Waals surface area contributed by atoms with Crippen molar-refractivity contribution in [3.8, 4) is 0 Å². The van der Waals surface area contributed by atoms with Crippen molar-refractivity contribution >= 4 is 40.2 Å². The van der Waals surface area contributed by atoms with Gasteiger partial charge >= 0.3 is 5.97 Å². The van der Waals surface area contributed by atoms with E-state index in [1.165, 1.54) is 0 Å². The van der Waals surface area contributed by atoms with Gasteiger partial charge in [-0.3, -0.25) is 14.5 Å². The molecule has 0 aliphatic heterocycles. The van der Waals surface area contributed by atoms with Crippen LogP contribution in [0.25, 0.3) is 0 Å². The monoisotopic (exact) mass is 452 g/mol. The fraction of sp³-hybridized carbons (Fsp3) is 0.263. The number of ether oxygens (including phenoxy) is 1. The first-order chi connectivity index (χ1) is 12.1. The Morgan fingerprint density at radius 2 is 1.72 bits per heavy atom. The van der Waals surface area contributed by atoms with Crippen molar-refractivity contribution in [2.24, 2.45) is 0 Å². The van der Waals surface area contributed by atoms with Crippen LogP contribution >= 0.6 is 22.6 Å². The Kier molecular flexibility index (Phi) is 7.87. The van der Waals surface area contributed by atoms with Crippen molar-refractivity contribution in [1.82, 2.24) is 4.90 Å². The zero-order chi connectivity index (χ0) is 18.1. The minimum Gasteiger partial charge on any atom is -0.465 e. The molecule has 0 unspecified atom stereocenters. The van der Waals surface area contributed by atoms with Crippen molar-refractivity contribution in [3.63, 3.8) is 0 Å². The number of anilines is 1. The zero-order valence-electron chi connectivity index (χ0n) is 14.1. The highest BCUT2D eigenvalue weighted by Gasteiger charge is 2.16. The van der Waals surface area contributed by atoms with Gasteiger partial charge in [-0.15, -0.1) is 0 Å². The van der Waals surface area contributed by atoms with Gasteiger partial charge in [-0.1, -0.05) is 42.5 Å². The number of benzene rings is 2. The number of carbonyl (C=O) groups is 2. The molecule has 0 atom stereocenters. The summed E-state index contributed by atoms with van der Waals surface area (Å²) in [4.78, 5) is 26.0. The molecule has 2 aromatic rings. The van der Waals surface area contributed by atoms with Gasteiger partial charge in [0.15, 0.2) is 0 Å². The summed E-state index contributed by atoms with van der Waals surface area (Å²) in [6, 6.07) is 17.3. The Balaban J connectivity index is 2.02. The third-order valence-electron chi connectivity index (χ3n) is 3.42. The van der Waals surface area contributed by atoms with Gasteiger partial charge in [-0.2, -0.15) is 0 Å². The molecule has 2 rings (SSSR count). The van der Waals surface area contributed by atoms with Gasteiger partial charge < -0.3 is 10.1 Å². The van der Waals surface area contributed by atoms with E-state index in [1.807, 2.05) is 54.6 Å². The predicted molar refractivity (Wildman–Crippen MR) is 106 cm³/mol. The Morgan fingerprint density at radius 1 is 1.04 bits per heavy atom. The van der Waals surface area contributed by atoms with Gasteiger partial charge in [0.1, 0.15) is 0 Å². The van der Waals surface area contributed by atoms with Crippen molar-refractivity contribution in [2.75, 3.05) is 25.0 Å². The lowest BCUT2D eigenvalue weighted by Gasteiger charge is -2.21. The number of esters is 1. The van der Waals surface area contributed by atoms with E-state index < -0.39 is 0 Å². The molecule has 0 saturated carbocycles. The van der Waals surface area contributed by atoms with Crippen LogP contribution in [-0.4, -0.2) is 36.5 Å². The van der Waals surface area contributed by atoms with E-state index in [9.17, 15) is 9.59 Å². The minimum atomic E-state index is -0.333. The van der Waals surface area contributed by atoms with E-state index in [0.717, 1.165) is 14.8 Å². The van der Waals surface area contributed by atoms with Crippen LogP contribution in [-0.2, 0) is 20.9 Å². The number of carbonyl (C=O) groups excluding carboxylic acids is 2. The summed E-state index contributed by atoms with van der Waals surface area (Å²) in [7, 11) is 0. The number of hydrogen-bond acceptors (Lipinski definition) is 4. The Bertz CT molecular complexity index is 707. The second-order valence-corrected chi connectivity index (χ2v) is 6.63. The van der Waals surface area contributed by atoms with E-state index in [2.05, 4.69) is 27.9 Å². The van der Waals surface area contributed by atoms with E-state index >= 15 is 0 Å². The summed E-state index contributed by atoms with van der Waals surface area (Å²) in [6.45, 7) is 2.77. The molecule has 6 heteroatoms. The molecule has 0 aliphatic rings. The van der Waals surface area contributed by atoms with E-state index in [4.69, 9.17) is 4.74 Å². The summed E-state index contributed by atoms with van der Waals surface area (Å²) in [5.74, 6) is -0.495. The van der Waals surface area contributed by atoms with Crippen LogP contribution in [0.1, 0.15) is 12.5 Å². The average molecular weight is 452 g/mol. The van der Waals surface area contributed by atoms with Crippen molar-refractivity contribution < 1.29 is 14.3 Å². The number of rotatable bonds is 8. The molecule has 1 N–H and O–H groups in total. The average Bonchev–Trinajstić information content (AvgIpc) is 2.58. The molecule has 0 fully saturated rings. The lowest BCUT2D eigenvalue weighted by molar-refractivity contribution is -0.144. The topological polar surface area (TPSA) is 58.6 Å². The number of nitrogens with zero attached hydrogens (tertiary/aromatic N) is 1. The number of hydrogen-bond donors (Lipinski definition) is 1. The molecule has 0 spiro atoms. The van der Waals surface area contributed by atoms with E-state index in [0.29, 0.717) is 13.2 Å². The van der Waals surface area contributed by atoms with Gasteiger partial charge in [0, 0.05) is 10.1 Å². The van der Waals surface area contributed by atoms with Crippen LogP contribution in [0.4, 0.5) is 5.69 Å². The molecule has 2 aromatic carbocycles. The maximum atomic E-state index is 12.4. The first kappa shape index (κ1) is 19.4. The standard InChI is InChI=1S/C19H21IN2O3/c1-2-25-19(24)14-22(12-15-8-4-3-5-9-15)13-18(23)21-17-11-7-6-10-16(17)20/h3-11H,2,12-14H2,1H3,(H,21,23). The second kappa shape index (κ2) is 10.1. The third kappa shape index (κ3) is 6.83. The molecule has 0 heterocycles. The first-order valence-corrected chi connectivity index (χ1v) is 9.12. The summed E-state index contributed by atoms with van der Waals surface area (Å²) >= 11 is 2.17. The van der Waals surface area contributed by atoms with Gasteiger partial charge in [-0.25, -0.2) is 0 Å². The summed E-state index contributed by atoms with van der Waals surface area (Å²) in [6.07, 6.45) is 0. The van der Waals surface area contributed by atoms with Gasteiger partial charge in [0.25, 0.3) is 0 Å². The molecule has 0 aliphatic carbocycles. The molecular weight excluding hydrogens is 431 g/mol. The Hall–Kier alpha value is -1.93. The lowest BCUT2D eigenvalue weighted by atomic mass is 10.2. The summed E-state index contributed by atoms with van der Waals surface area (Å²) in [5.41, 5.74) is 1.80. The van der Waals surface area contributed by atoms with E-state index in [-0.39, 0.29) is 25.0 Å². The normalized spacial score (nSPS) is 10.5. The fourth-order valence-corrected chi connectivity index (χ4v) is 2.88. The highest BCUT2D eigenvalue weighted by atomic mass is 127. The largest absolute Gasteiger partial charge is 0.465 e. The molecule has 132 valence electrons. The molecule has 0 saturated heterocycles. The second-order valence-electron chi connectivity index (χ2n) is 5.46. The highest BCUT2D eigenvalue weighted by molar-refractivity contribution is 14.1. The summed E-state index contributed by atoms with van der Waals surface area (Å²) < 4.78 is 5.98. The molecule has 1 amide bonds. The minimum absolute atomic E-state index is 0.0715. The quantitative estimate of drug-likeness (QED) is 0.494. The van der Waals surface area contributed by atoms with Crippen molar-refractivity contribution in [2.45, 2.75) is 13.5 Å². The van der Waals surface area contributed by atoms with Crippen LogP contribution in [0, 0.1) is 3.57 Å². The maximum absolute atomic E-state index is 12.4. The number of para-hydroxylation sites is 1. The highest BCUT2D eigenvalue weighted by Crippen LogP contribution is 2.17. The number of amides is 1.